The summed E-state index contributed by atoms with van der Waals surface area (Å²) in [5.74, 6) is 0.614. The van der Waals surface area contributed by atoms with Crippen molar-refractivity contribution in [1.29, 1.82) is 0 Å². The van der Waals surface area contributed by atoms with Crippen LogP contribution >= 0.6 is 0 Å². The molecule has 4 nitrogen and oxygen atoms in total. The number of likely N-dealkylation sites (tertiary alicyclic amines) is 1. The number of carbonyl (C=O) groups excluding carboxylic acids is 1. The molecular weight excluding hydrogens is 226 g/mol. The van der Waals surface area contributed by atoms with Crippen LogP contribution in [0.2, 0.25) is 0 Å². The Balaban J connectivity index is 2.39. The van der Waals surface area contributed by atoms with E-state index in [1.807, 2.05) is 6.92 Å². The first-order chi connectivity index (χ1) is 8.48. The average Bonchev–Trinajstić information content (AvgIpc) is 2.35. The van der Waals surface area contributed by atoms with Crippen LogP contribution in [0.1, 0.15) is 46.5 Å². The van der Waals surface area contributed by atoms with Crippen molar-refractivity contribution in [1.82, 2.24) is 10.2 Å². The highest BCUT2D eigenvalue weighted by atomic mass is 16.1. The van der Waals surface area contributed by atoms with E-state index in [9.17, 15) is 4.79 Å². The number of rotatable bonds is 7. The maximum atomic E-state index is 11.6. The summed E-state index contributed by atoms with van der Waals surface area (Å²) in [4.78, 5) is 14.0. The number of hydrogen-bond acceptors (Lipinski definition) is 3. The fourth-order valence-corrected chi connectivity index (χ4v) is 2.37. The maximum absolute atomic E-state index is 11.6. The third-order valence-electron chi connectivity index (χ3n) is 4.11. The Morgan fingerprint density at radius 3 is 2.56 bits per heavy atom. The van der Waals surface area contributed by atoms with Gasteiger partial charge in [-0.15, -0.1) is 0 Å². The van der Waals surface area contributed by atoms with E-state index in [4.69, 9.17) is 5.73 Å². The molecule has 1 rings (SSSR count). The lowest BCUT2D eigenvalue weighted by Gasteiger charge is -2.34. The Labute approximate surface area is 111 Å². The van der Waals surface area contributed by atoms with Gasteiger partial charge in [0.05, 0.1) is 5.54 Å². The van der Waals surface area contributed by atoms with E-state index in [-0.39, 0.29) is 5.91 Å². The summed E-state index contributed by atoms with van der Waals surface area (Å²) >= 11 is 0. The van der Waals surface area contributed by atoms with Gasteiger partial charge in [-0.3, -0.25) is 4.79 Å². The number of nitrogens with one attached hydrogen (secondary N) is 1. The molecule has 0 radical (unpaired) electrons. The molecule has 0 saturated carbocycles. The van der Waals surface area contributed by atoms with Crippen LogP contribution in [0.5, 0.6) is 0 Å². The first-order valence-electron chi connectivity index (χ1n) is 7.25. The van der Waals surface area contributed by atoms with Gasteiger partial charge in [0.15, 0.2) is 0 Å². The summed E-state index contributed by atoms with van der Waals surface area (Å²) < 4.78 is 0. The van der Waals surface area contributed by atoms with Gasteiger partial charge in [-0.2, -0.15) is 0 Å². The highest BCUT2D eigenvalue weighted by molar-refractivity contribution is 5.84. The van der Waals surface area contributed by atoms with Crippen LogP contribution in [0.15, 0.2) is 0 Å². The van der Waals surface area contributed by atoms with E-state index in [1.54, 1.807) is 0 Å². The van der Waals surface area contributed by atoms with Crippen LogP contribution in [0.3, 0.4) is 0 Å². The molecule has 1 aliphatic rings. The van der Waals surface area contributed by atoms with Gasteiger partial charge in [-0.25, -0.2) is 0 Å². The van der Waals surface area contributed by atoms with Crippen molar-refractivity contribution in [3.63, 3.8) is 0 Å². The van der Waals surface area contributed by atoms with E-state index in [1.165, 1.54) is 12.8 Å². The smallest absolute Gasteiger partial charge is 0.237 e. The standard InChI is InChI=1S/C14H29N3O/c1-4-8-16-14(3,13(15)18)7-11-17-9-5-12(2)6-10-17/h12,16H,4-11H2,1-3H3,(H2,15,18). The number of carbonyl (C=O) groups is 1. The van der Waals surface area contributed by atoms with E-state index < -0.39 is 5.54 Å². The van der Waals surface area contributed by atoms with E-state index in [2.05, 4.69) is 24.1 Å². The van der Waals surface area contributed by atoms with Crippen molar-refractivity contribution in [3.05, 3.63) is 0 Å². The fraction of sp³-hybridized carbons (Fsp3) is 0.929. The van der Waals surface area contributed by atoms with Crippen LogP contribution in [-0.2, 0) is 4.79 Å². The highest BCUT2D eigenvalue weighted by Gasteiger charge is 2.30. The summed E-state index contributed by atoms with van der Waals surface area (Å²) in [5.41, 5.74) is 4.97. The van der Waals surface area contributed by atoms with Gasteiger partial charge in [0, 0.05) is 6.54 Å². The first-order valence-corrected chi connectivity index (χ1v) is 7.25. The van der Waals surface area contributed by atoms with Crippen LogP contribution in [0.4, 0.5) is 0 Å². The van der Waals surface area contributed by atoms with Crippen LogP contribution in [0, 0.1) is 5.92 Å². The maximum Gasteiger partial charge on any atom is 0.237 e. The minimum atomic E-state index is -0.556. The van der Waals surface area contributed by atoms with Gasteiger partial charge >= 0.3 is 0 Å². The van der Waals surface area contributed by atoms with Gasteiger partial charge in [0.2, 0.25) is 5.91 Å². The predicted octanol–water partition coefficient (Wildman–Crippen LogP) is 1.35. The van der Waals surface area contributed by atoms with E-state index >= 15 is 0 Å². The van der Waals surface area contributed by atoms with E-state index in [0.29, 0.717) is 0 Å². The van der Waals surface area contributed by atoms with Crippen LogP contribution in [-0.4, -0.2) is 42.5 Å². The second kappa shape index (κ2) is 7.10. The lowest BCUT2D eigenvalue weighted by atomic mass is 9.94. The Bertz CT molecular complexity index is 262. The zero-order valence-electron chi connectivity index (χ0n) is 12.2. The summed E-state index contributed by atoms with van der Waals surface area (Å²) in [6, 6.07) is 0. The van der Waals surface area contributed by atoms with Crippen molar-refractivity contribution in [3.8, 4) is 0 Å². The average molecular weight is 255 g/mol. The van der Waals surface area contributed by atoms with Crippen molar-refractivity contribution < 1.29 is 4.79 Å². The van der Waals surface area contributed by atoms with Crippen molar-refractivity contribution in [2.24, 2.45) is 11.7 Å². The topological polar surface area (TPSA) is 58.4 Å². The zero-order valence-corrected chi connectivity index (χ0v) is 12.2. The van der Waals surface area contributed by atoms with E-state index in [0.717, 1.165) is 44.9 Å². The normalized spacial score (nSPS) is 21.7. The van der Waals surface area contributed by atoms with Gasteiger partial charge in [-0.05, 0) is 58.2 Å². The molecule has 3 N–H and O–H groups in total. The quantitative estimate of drug-likeness (QED) is 0.722. The highest BCUT2D eigenvalue weighted by Crippen LogP contribution is 2.18. The van der Waals surface area contributed by atoms with Crippen molar-refractivity contribution in [2.45, 2.75) is 52.0 Å². The van der Waals surface area contributed by atoms with Gasteiger partial charge in [0.1, 0.15) is 0 Å². The molecule has 4 heteroatoms. The monoisotopic (exact) mass is 255 g/mol. The number of primary amides is 1. The molecule has 106 valence electrons. The number of amides is 1. The Hall–Kier alpha value is -0.610. The summed E-state index contributed by atoms with van der Waals surface area (Å²) in [6.45, 7) is 10.5. The molecule has 0 aliphatic carbocycles. The molecule has 1 aliphatic heterocycles. The Morgan fingerprint density at radius 1 is 1.44 bits per heavy atom. The molecule has 18 heavy (non-hydrogen) atoms. The molecule has 1 saturated heterocycles. The minimum absolute atomic E-state index is 0.235. The molecule has 0 bridgehead atoms. The number of hydrogen-bond donors (Lipinski definition) is 2. The van der Waals surface area contributed by atoms with Gasteiger partial charge < -0.3 is 16.0 Å². The molecule has 0 aromatic carbocycles. The molecule has 0 spiro atoms. The largest absolute Gasteiger partial charge is 0.368 e. The predicted molar refractivity (Wildman–Crippen MR) is 75.3 cm³/mol. The van der Waals surface area contributed by atoms with Crippen LogP contribution < -0.4 is 11.1 Å². The fourth-order valence-electron chi connectivity index (χ4n) is 2.37. The molecule has 0 aromatic heterocycles. The molecule has 0 aromatic rings. The number of piperidine rings is 1. The first kappa shape index (κ1) is 15.4. The molecule has 1 atom stereocenters. The zero-order chi connectivity index (χ0) is 13.6. The number of nitrogens with two attached hydrogens (primary N) is 1. The summed E-state index contributed by atoms with van der Waals surface area (Å²) in [6.07, 6.45) is 4.37. The molecule has 1 fully saturated rings. The Morgan fingerprint density at radius 2 is 2.06 bits per heavy atom. The molecule has 1 unspecified atom stereocenters. The van der Waals surface area contributed by atoms with Gasteiger partial charge in [-0.1, -0.05) is 13.8 Å². The summed E-state index contributed by atoms with van der Waals surface area (Å²) in [7, 11) is 0. The molecule has 1 heterocycles. The third-order valence-corrected chi connectivity index (χ3v) is 4.11. The van der Waals surface area contributed by atoms with Crippen LogP contribution in [0.25, 0.3) is 0 Å². The summed E-state index contributed by atoms with van der Waals surface area (Å²) in [5, 5.41) is 3.29. The van der Waals surface area contributed by atoms with Crippen molar-refractivity contribution in [2.75, 3.05) is 26.2 Å². The number of nitrogens with zero attached hydrogens (tertiary/aromatic N) is 1. The van der Waals surface area contributed by atoms with Crippen molar-refractivity contribution >= 4 is 5.91 Å². The lowest BCUT2D eigenvalue weighted by molar-refractivity contribution is -0.124. The molecule has 1 amide bonds. The second-order valence-electron chi connectivity index (χ2n) is 5.90. The minimum Gasteiger partial charge on any atom is -0.368 e. The third kappa shape index (κ3) is 4.58. The Kier molecular flexibility index (Phi) is 6.09. The second-order valence-corrected chi connectivity index (χ2v) is 5.90. The molecular formula is C14H29N3O. The SMILES string of the molecule is CCCNC(C)(CCN1CCC(C)CC1)C(N)=O. The lowest BCUT2D eigenvalue weighted by Crippen LogP contribution is -2.55. The van der Waals surface area contributed by atoms with Gasteiger partial charge in [0.25, 0.3) is 0 Å².